The SMILES string of the molecule is C/C=C/c1oc(C)c(CCCCC)c1-c1ccccc1. The summed E-state index contributed by atoms with van der Waals surface area (Å²) >= 11 is 0. The molecule has 0 aliphatic carbocycles. The third-order valence-electron chi connectivity index (χ3n) is 3.65. The molecule has 0 amide bonds. The highest BCUT2D eigenvalue weighted by Crippen LogP contribution is 2.34. The fourth-order valence-electron chi connectivity index (χ4n) is 2.65. The Kier molecular flexibility index (Phi) is 5.23. The van der Waals surface area contributed by atoms with E-state index < -0.39 is 0 Å². The number of hydrogen-bond acceptors (Lipinski definition) is 1. The molecule has 2 aromatic rings. The maximum atomic E-state index is 5.98. The van der Waals surface area contributed by atoms with Crippen molar-refractivity contribution < 1.29 is 4.42 Å². The summed E-state index contributed by atoms with van der Waals surface area (Å²) in [7, 11) is 0. The molecule has 0 saturated carbocycles. The summed E-state index contributed by atoms with van der Waals surface area (Å²) in [6.45, 7) is 6.36. The molecular weight excluding hydrogens is 244 g/mol. The van der Waals surface area contributed by atoms with Crippen LogP contribution >= 0.6 is 0 Å². The standard InChI is InChI=1S/C19H24O/c1-4-6-8-14-17-15(3)20-18(11-5-2)19(17)16-12-9-7-10-13-16/h5,7,9-13H,4,6,8,14H2,1-3H3/b11-5+. The topological polar surface area (TPSA) is 13.1 Å². The molecule has 0 radical (unpaired) electrons. The van der Waals surface area contributed by atoms with Crippen molar-refractivity contribution in [1.82, 2.24) is 0 Å². The Morgan fingerprint density at radius 2 is 1.85 bits per heavy atom. The van der Waals surface area contributed by atoms with E-state index in [2.05, 4.69) is 50.3 Å². The van der Waals surface area contributed by atoms with Crippen LogP contribution in [0, 0.1) is 6.92 Å². The molecule has 0 unspecified atom stereocenters. The van der Waals surface area contributed by atoms with Crippen LogP contribution in [-0.4, -0.2) is 0 Å². The first-order valence-electron chi connectivity index (χ1n) is 7.58. The molecule has 0 N–H and O–H groups in total. The first kappa shape index (κ1) is 14.6. The van der Waals surface area contributed by atoms with Gasteiger partial charge in [-0.1, -0.05) is 56.2 Å². The Morgan fingerprint density at radius 1 is 1.10 bits per heavy atom. The molecule has 0 spiro atoms. The third-order valence-corrected chi connectivity index (χ3v) is 3.65. The highest BCUT2D eigenvalue weighted by atomic mass is 16.3. The average molecular weight is 268 g/mol. The quantitative estimate of drug-likeness (QED) is 0.584. The van der Waals surface area contributed by atoms with E-state index in [4.69, 9.17) is 4.42 Å². The van der Waals surface area contributed by atoms with Gasteiger partial charge in [0.1, 0.15) is 11.5 Å². The summed E-state index contributed by atoms with van der Waals surface area (Å²) in [6.07, 6.45) is 8.97. The van der Waals surface area contributed by atoms with E-state index in [-0.39, 0.29) is 0 Å². The number of benzene rings is 1. The van der Waals surface area contributed by atoms with Gasteiger partial charge in [0.15, 0.2) is 0 Å². The molecule has 0 saturated heterocycles. The van der Waals surface area contributed by atoms with Crippen LogP contribution in [-0.2, 0) is 6.42 Å². The van der Waals surface area contributed by atoms with Gasteiger partial charge in [-0.15, -0.1) is 0 Å². The molecule has 0 aliphatic heterocycles. The fraction of sp³-hybridized carbons (Fsp3) is 0.368. The molecular formula is C19H24O. The van der Waals surface area contributed by atoms with Crippen molar-refractivity contribution in [2.75, 3.05) is 0 Å². The van der Waals surface area contributed by atoms with Crippen molar-refractivity contribution in [1.29, 1.82) is 0 Å². The van der Waals surface area contributed by atoms with Crippen molar-refractivity contribution in [3.05, 3.63) is 53.5 Å². The molecule has 1 aromatic carbocycles. The van der Waals surface area contributed by atoms with Gasteiger partial charge in [0.25, 0.3) is 0 Å². The van der Waals surface area contributed by atoms with Gasteiger partial charge in [0.05, 0.1) is 0 Å². The molecule has 1 nitrogen and oxygen atoms in total. The van der Waals surface area contributed by atoms with E-state index in [9.17, 15) is 0 Å². The van der Waals surface area contributed by atoms with Crippen molar-refractivity contribution in [3.63, 3.8) is 0 Å². The lowest BCUT2D eigenvalue weighted by Crippen LogP contribution is -1.90. The van der Waals surface area contributed by atoms with Gasteiger partial charge in [0, 0.05) is 11.1 Å². The van der Waals surface area contributed by atoms with Crippen molar-refractivity contribution in [2.45, 2.75) is 46.5 Å². The number of rotatable bonds is 6. The predicted octanol–water partition coefficient (Wildman–Crippen LogP) is 6.02. The Morgan fingerprint density at radius 3 is 2.50 bits per heavy atom. The van der Waals surface area contributed by atoms with Crippen LogP contribution in [0.2, 0.25) is 0 Å². The van der Waals surface area contributed by atoms with Crippen LogP contribution in [0.15, 0.2) is 40.8 Å². The number of hydrogen-bond donors (Lipinski definition) is 0. The highest BCUT2D eigenvalue weighted by molar-refractivity contribution is 5.76. The first-order chi connectivity index (χ1) is 9.77. The van der Waals surface area contributed by atoms with E-state index >= 15 is 0 Å². The molecule has 0 fully saturated rings. The maximum absolute atomic E-state index is 5.98. The lowest BCUT2D eigenvalue weighted by Gasteiger charge is -2.05. The minimum atomic E-state index is 0.989. The normalized spacial score (nSPS) is 11.3. The van der Waals surface area contributed by atoms with E-state index in [1.807, 2.05) is 13.0 Å². The van der Waals surface area contributed by atoms with E-state index in [0.29, 0.717) is 0 Å². The molecule has 106 valence electrons. The molecule has 1 heteroatoms. The van der Waals surface area contributed by atoms with E-state index in [1.165, 1.54) is 36.0 Å². The molecule has 1 aromatic heterocycles. The first-order valence-corrected chi connectivity index (χ1v) is 7.58. The van der Waals surface area contributed by atoms with Gasteiger partial charge in [-0.25, -0.2) is 0 Å². The average Bonchev–Trinajstić information content (AvgIpc) is 2.77. The van der Waals surface area contributed by atoms with E-state index in [1.54, 1.807) is 0 Å². The summed E-state index contributed by atoms with van der Waals surface area (Å²) in [6, 6.07) is 10.6. The Labute approximate surface area is 122 Å². The minimum Gasteiger partial charge on any atom is -0.461 e. The Balaban J connectivity index is 2.44. The van der Waals surface area contributed by atoms with Crippen LogP contribution in [0.5, 0.6) is 0 Å². The number of allylic oxidation sites excluding steroid dienone is 1. The summed E-state index contributed by atoms with van der Waals surface area (Å²) in [5.74, 6) is 2.05. The lowest BCUT2D eigenvalue weighted by atomic mass is 9.96. The molecule has 0 bridgehead atoms. The number of aryl methyl sites for hydroxylation is 1. The largest absolute Gasteiger partial charge is 0.461 e. The van der Waals surface area contributed by atoms with Crippen molar-refractivity contribution in [2.24, 2.45) is 0 Å². The second-order valence-corrected chi connectivity index (χ2v) is 5.20. The Bertz CT molecular complexity index is 561. The van der Waals surface area contributed by atoms with Gasteiger partial charge in [-0.05, 0) is 38.3 Å². The van der Waals surface area contributed by atoms with Crippen molar-refractivity contribution in [3.8, 4) is 11.1 Å². The molecule has 1 heterocycles. The summed E-state index contributed by atoms with van der Waals surface area (Å²) in [5, 5.41) is 0. The zero-order chi connectivity index (χ0) is 14.4. The Hall–Kier alpha value is -1.76. The molecule has 20 heavy (non-hydrogen) atoms. The summed E-state index contributed by atoms with van der Waals surface area (Å²) in [4.78, 5) is 0. The van der Waals surface area contributed by atoms with Gasteiger partial charge in [0.2, 0.25) is 0 Å². The van der Waals surface area contributed by atoms with Crippen LogP contribution in [0.3, 0.4) is 0 Å². The minimum absolute atomic E-state index is 0.989. The van der Waals surface area contributed by atoms with Gasteiger partial charge in [-0.3, -0.25) is 0 Å². The van der Waals surface area contributed by atoms with Crippen LogP contribution < -0.4 is 0 Å². The highest BCUT2D eigenvalue weighted by Gasteiger charge is 2.17. The van der Waals surface area contributed by atoms with Crippen LogP contribution in [0.25, 0.3) is 17.2 Å². The zero-order valence-corrected chi connectivity index (χ0v) is 12.8. The molecule has 0 atom stereocenters. The van der Waals surface area contributed by atoms with Crippen molar-refractivity contribution >= 4 is 6.08 Å². The van der Waals surface area contributed by atoms with Crippen LogP contribution in [0.4, 0.5) is 0 Å². The molecule has 0 aliphatic rings. The second kappa shape index (κ2) is 7.14. The number of unbranched alkanes of at least 4 members (excludes halogenated alkanes) is 2. The fourth-order valence-corrected chi connectivity index (χ4v) is 2.65. The summed E-state index contributed by atoms with van der Waals surface area (Å²) in [5.41, 5.74) is 3.90. The zero-order valence-electron chi connectivity index (χ0n) is 12.8. The third kappa shape index (κ3) is 3.22. The van der Waals surface area contributed by atoms with Crippen LogP contribution in [0.1, 0.15) is 50.2 Å². The van der Waals surface area contributed by atoms with Gasteiger partial charge >= 0.3 is 0 Å². The molecule has 2 rings (SSSR count). The second-order valence-electron chi connectivity index (χ2n) is 5.20. The predicted molar refractivity (Wildman–Crippen MR) is 86.8 cm³/mol. The monoisotopic (exact) mass is 268 g/mol. The lowest BCUT2D eigenvalue weighted by molar-refractivity contribution is 0.520. The maximum Gasteiger partial charge on any atom is 0.134 e. The smallest absolute Gasteiger partial charge is 0.134 e. The van der Waals surface area contributed by atoms with Gasteiger partial charge in [-0.2, -0.15) is 0 Å². The number of furan rings is 1. The van der Waals surface area contributed by atoms with E-state index in [0.717, 1.165) is 17.9 Å². The summed E-state index contributed by atoms with van der Waals surface area (Å²) < 4.78 is 5.98. The van der Waals surface area contributed by atoms with Gasteiger partial charge < -0.3 is 4.42 Å².